The smallest absolute Gasteiger partial charge is 0.243 e. The molecule has 0 heterocycles. The molecule has 0 fully saturated rings. The van der Waals surface area contributed by atoms with Crippen molar-refractivity contribution in [3.05, 3.63) is 70.2 Å². The van der Waals surface area contributed by atoms with Crippen LogP contribution in [0.3, 0.4) is 0 Å². The van der Waals surface area contributed by atoms with Gasteiger partial charge >= 0.3 is 0 Å². The first-order valence-corrected chi connectivity index (χ1v) is 12.4. The normalized spacial score (nSPS) is 12.8. The van der Waals surface area contributed by atoms with Crippen molar-refractivity contribution in [1.82, 2.24) is 10.2 Å². The molecule has 0 aliphatic heterocycles. The second kappa shape index (κ2) is 12.8. The molecule has 1 N–H and O–H groups in total. The van der Waals surface area contributed by atoms with Crippen molar-refractivity contribution in [2.75, 3.05) is 5.75 Å². The summed E-state index contributed by atoms with van der Waals surface area (Å²) in [5.41, 5.74) is 3.18. The summed E-state index contributed by atoms with van der Waals surface area (Å²) in [7, 11) is 0. The van der Waals surface area contributed by atoms with Gasteiger partial charge in [0.15, 0.2) is 0 Å². The maximum absolute atomic E-state index is 13.3. The number of thioether (sulfide) groups is 1. The number of nitrogens with zero attached hydrogens (tertiary/aromatic N) is 1. The quantitative estimate of drug-likeness (QED) is 0.474. The highest BCUT2D eigenvalue weighted by molar-refractivity contribution is 7.99. The lowest BCUT2D eigenvalue weighted by atomic mass is 10.1. The second-order valence-electron chi connectivity index (χ2n) is 7.77. The monoisotopic (exact) mass is 460 g/mol. The predicted octanol–water partition coefficient (Wildman–Crippen LogP) is 5.60. The molecule has 0 aliphatic carbocycles. The number of aryl methyl sites for hydroxylation is 1. The number of carbonyl (C=O) groups is 2. The first-order chi connectivity index (χ1) is 14.9. The Hall–Kier alpha value is -1.98. The summed E-state index contributed by atoms with van der Waals surface area (Å²) >= 11 is 7.76. The largest absolute Gasteiger partial charge is 0.352 e. The van der Waals surface area contributed by atoms with E-state index >= 15 is 0 Å². The van der Waals surface area contributed by atoms with Crippen LogP contribution in [0.1, 0.15) is 50.3 Å². The first kappa shape index (κ1) is 25.3. The number of carbonyl (C=O) groups excluding carboxylic acids is 2. The Bertz CT molecular complexity index is 874. The SMILES string of the molecule is CC[C@H](C(=O)N[C@@H](C)CC)N(Cc1ccccc1C)C(=O)CSCc1ccccc1Cl. The van der Waals surface area contributed by atoms with E-state index in [2.05, 4.69) is 5.32 Å². The Morgan fingerprint density at radius 3 is 2.29 bits per heavy atom. The molecule has 2 amide bonds. The fourth-order valence-corrected chi connectivity index (χ4v) is 4.47. The van der Waals surface area contributed by atoms with E-state index in [9.17, 15) is 9.59 Å². The molecule has 0 bridgehead atoms. The van der Waals surface area contributed by atoms with Crippen molar-refractivity contribution in [3.63, 3.8) is 0 Å². The number of hydrogen-bond donors (Lipinski definition) is 1. The van der Waals surface area contributed by atoms with Gasteiger partial charge in [0.2, 0.25) is 11.8 Å². The number of amides is 2. The lowest BCUT2D eigenvalue weighted by molar-refractivity contribution is -0.139. The molecule has 0 aromatic heterocycles. The topological polar surface area (TPSA) is 49.4 Å². The van der Waals surface area contributed by atoms with Gasteiger partial charge in [0.05, 0.1) is 5.75 Å². The van der Waals surface area contributed by atoms with Crippen LogP contribution in [-0.2, 0) is 21.9 Å². The van der Waals surface area contributed by atoms with Crippen LogP contribution in [-0.4, -0.2) is 34.6 Å². The van der Waals surface area contributed by atoms with Gasteiger partial charge in [-0.3, -0.25) is 9.59 Å². The Labute approximate surface area is 195 Å². The molecule has 2 aromatic carbocycles. The van der Waals surface area contributed by atoms with Crippen LogP contribution in [0.2, 0.25) is 5.02 Å². The zero-order valence-corrected chi connectivity index (χ0v) is 20.4. The summed E-state index contributed by atoms with van der Waals surface area (Å²) in [6, 6.07) is 15.3. The average Bonchev–Trinajstić information content (AvgIpc) is 2.76. The molecular weight excluding hydrogens is 428 g/mol. The van der Waals surface area contributed by atoms with E-state index in [1.807, 2.05) is 76.2 Å². The van der Waals surface area contributed by atoms with Crippen LogP contribution in [0.4, 0.5) is 0 Å². The van der Waals surface area contributed by atoms with Crippen molar-refractivity contribution in [1.29, 1.82) is 0 Å². The van der Waals surface area contributed by atoms with Gasteiger partial charge in [-0.1, -0.05) is 67.9 Å². The molecule has 0 saturated carbocycles. The minimum atomic E-state index is -0.498. The fourth-order valence-electron chi connectivity index (χ4n) is 3.28. The Kier molecular flexibility index (Phi) is 10.4. The van der Waals surface area contributed by atoms with Crippen molar-refractivity contribution in [2.45, 2.75) is 64.9 Å². The maximum atomic E-state index is 13.3. The highest BCUT2D eigenvalue weighted by Gasteiger charge is 2.29. The standard InChI is InChI=1S/C25H33ClN2O2S/c1-5-19(4)27-25(30)23(6-2)28(15-20-12-8-7-11-18(20)3)24(29)17-31-16-21-13-9-10-14-22(21)26/h7-14,19,23H,5-6,15-17H2,1-4H3,(H,27,30)/t19-,23+/m0/s1. The molecule has 31 heavy (non-hydrogen) atoms. The third-order valence-corrected chi connectivity index (χ3v) is 6.76. The van der Waals surface area contributed by atoms with Gasteiger partial charge < -0.3 is 10.2 Å². The summed E-state index contributed by atoms with van der Waals surface area (Å²) in [5, 5.41) is 3.76. The molecule has 0 spiro atoms. The minimum Gasteiger partial charge on any atom is -0.352 e. The van der Waals surface area contributed by atoms with Crippen LogP contribution < -0.4 is 5.32 Å². The number of rotatable bonds is 11. The number of benzene rings is 2. The number of halogens is 1. The van der Waals surface area contributed by atoms with Gasteiger partial charge in [-0.2, -0.15) is 0 Å². The highest BCUT2D eigenvalue weighted by atomic mass is 35.5. The van der Waals surface area contributed by atoms with Crippen molar-refractivity contribution in [2.24, 2.45) is 0 Å². The minimum absolute atomic E-state index is 0.0357. The molecular formula is C25H33ClN2O2S. The molecule has 0 aliphatic rings. The molecule has 2 rings (SSSR count). The molecule has 2 aromatic rings. The van der Waals surface area contributed by atoms with Crippen LogP contribution in [0.15, 0.2) is 48.5 Å². The van der Waals surface area contributed by atoms with Crippen LogP contribution in [0.5, 0.6) is 0 Å². The van der Waals surface area contributed by atoms with Crippen molar-refractivity contribution >= 4 is 35.2 Å². The second-order valence-corrected chi connectivity index (χ2v) is 9.17. The van der Waals surface area contributed by atoms with E-state index in [1.165, 1.54) is 11.8 Å². The number of hydrogen-bond acceptors (Lipinski definition) is 3. The van der Waals surface area contributed by atoms with E-state index in [-0.39, 0.29) is 17.9 Å². The van der Waals surface area contributed by atoms with E-state index in [1.54, 1.807) is 4.90 Å². The summed E-state index contributed by atoms with van der Waals surface area (Å²) in [6.07, 6.45) is 1.41. The first-order valence-electron chi connectivity index (χ1n) is 10.8. The highest BCUT2D eigenvalue weighted by Crippen LogP contribution is 2.22. The molecule has 6 heteroatoms. The summed E-state index contributed by atoms with van der Waals surface area (Å²) < 4.78 is 0. The van der Waals surface area contributed by atoms with Gasteiger partial charge in [-0.05, 0) is 49.4 Å². The molecule has 4 nitrogen and oxygen atoms in total. The Morgan fingerprint density at radius 2 is 1.68 bits per heavy atom. The molecule has 0 saturated heterocycles. The van der Waals surface area contributed by atoms with Gasteiger partial charge in [-0.15, -0.1) is 11.8 Å². The maximum Gasteiger partial charge on any atom is 0.243 e. The van der Waals surface area contributed by atoms with Crippen LogP contribution in [0, 0.1) is 6.92 Å². The van der Waals surface area contributed by atoms with Crippen molar-refractivity contribution < 1.29 is 9.59 Å². The van der Waals surface area contributed by atoms with Crippen LogP contribution in [0.25, 0.3) is 0 Å². The number of nitrogens with one attached hydrogen (secondary N) is 1. The fraction of sp³-hybridized carbons (Fsp3) is 0.440. The lowest BCUT2D eigenvalue weighted by Crippen LogP contribution is -2.51. The molecule has 0 radical (unpaired) electrons. The third kappa shape index (κ3) is 7.58. The van der Waals surface area contributed by atoms with Gasteiger partial charge in [0.1, 0.15) is 6.04 Å². The van der Waals surface area contributed by atoms with Crippen molar-refractivity contribution in [3.8, 4) is 0 Å². The van der Waals surface area contributed by atoms with Gasteiger partial charge in [0.25, 0.3) is 0 Å². The summed E-state index contributed by atoms with van der Waals surface area (Å²) in [6.45, 7) is 8.43. The van der Waals surface area contributed by atoms with E-state index in [0.29, 0.717) is 29.5 Å². The zero-order valence-electron chi connectivity index (χ0n) is 18.9. The lowest BCUT2D eigenvalue weighted by Gasteiger charge is -2.32. The third-order valence-electron chi connectivity index (χ3n) is 5.43. The molecule has 2 atom stereocenters. The molecule has 0 unspecified atom stereocenters. The van der Waals surface area contributed by atoms with E-state index < -0.39 is 6.04 Å². The van der Waals surface area contributed by atoms with Gasteiger partial charge in [0, 0.05) is 23.4 Å². The molecule has 168 valence electrons. The van der Waals surface area contributed by atoms with E-state index in [4.69, 9.17) is 11.6 Å². The van der Waals surface area contributed by atoms with Crippen LogP contribution >= 0.6 is 23.4 Å². The average molecular weight is 461 g/mol. The summed E-state index contributed by atoms with van der Waals surface area (Å²) in [4.78, 5) is 28.0. The Balaban J connectivity index is 2.16. The van der Waals surface area contributed by atoms with Gasteiger partial charge in [-0.25, -0.2) is 0 Å². The summed E-state index contributed by atoms with van der Waals surface area (Å²) in [5.74, 6) is 0.824. The Morgan fingerprint density at radius 1 is 1.03 bits per heavy atom. The predicted molar refractivity (Wildman–Crippen MR) is 131 cm³/mol. The van der Waals surface area contributed by atoms with E-state index in [0.717, 1.165) is 23.1 Å². The zero-order chi connectivity index (χ0) is 22.8.